The van der Waals surface area contributed by atoms with E-state index in [1.54, 1.807) is 19.1 Å². The first-order valence-electron chi connectivity index (χ1n) is 10.1. The van der Waals surface area contributed by atoms with Crippen LogP contribution in [-0.4, -0.2) is 52.8 Å². The number of nitrogens with one attached hydrogen (secondary N) is 3. The lowest BCUT2D eigenvalue weighted by Crippen LogP contribution is -2.45. The molecule has 0 radical (unpaired) electrons. The van der Waals surface area contributed by atoms with Crippen LogP contribution in [0.5, 0.6) is 5.75 Å². The molecule has 1 atom stereocenters. The van der Waals surface area contributed by atoms with E-state index in [4.69, 9.17) is 9.47 Å². The predicted octanol–water partition coefficient (Wildman–Crippen LogP) is 2.03. The second kappa shape index (κ2) is 13.1. The summed E-state index contributed by atoms with van der Waals surface area (Å²) in [4.78, 5) is 23.8. The van der Waals surface area contributed by atoms with Crippen LogP contribution in [0.2, 0.25) is 0 Å². The molecule has 9 nitrogen and oxygen atoms in total. The fourth-order valence-corrected chi connectivity index (χ4v) is 3.72. The van der Waals surface area contributed by atoms with Gasteiger partial charge in [-0.3, -0.25) is 4.79 Å². The molecule has 0 bridgehead atoms. The van der Waals surface area contributed by atoms with Gasteiger partial charge in [0.15, 0.2) is 0 Å². The van der Waals surface area contributed by atoms with Gasteiger partial charge in [-0.25, -0.2) is 17.9 Å². The molecule has 2 amide bonds. The molecule has 1 aromatic carbocycles. The Morgan fingerprint density at radius 3 is 2.30 bits per heavy atom. The Kier molecular flexibility index (Phi) is 11.2. The third-order valence-corrected chi connectivity index (χ3v) is 5.47. The van der Waals surface area contributed by atoms with Gasteiger partial charge < -0.3 is 20.1 Å². The highest BCUT2D eigenvalue weighted by atomic mass is 32.2. The second-order valence-electron chi connectivity index (χ2n) is 7.05. The van der Waals surface area contributed by atoms with Gasteiger partial charge in [0.2, 0.25) is 15.9 Å². The van der Waals surface area contributed by atoms with Crippen molar-refractivity contribution < 1.29 is 27.5 Å². The first kappa shape index (κ1) is 25.7. The Morgan fingerprint density at radius 1 is 1.07 bits per heavy atom. The summed E-state index contributed by atoms with van der Waals surface area (Å²) >= 11 is 0. The number of benzene rings is 1. The van der Waals surface area contributed by atoms with E-state index in [0.717, 1.165) is 0 Å². The largest absolute Gasteiger partial charge is 0.494 e. The zero-order valence-electron chi connectivity index (χ0n) is 18.1. The van der Waals surface area contributed by atoms with Crippen LogP contribution in [0.1, 0.15) is 40.5 Å². The molecule has 0 aliphatic heterocycles. The molecule has 30 heavy (non-hydrogen) atoms. The number of alkyl carbamates (subject to hydrolysis) is 1. The minimum atomic E-state index is -3.72. The Hall–Kier alpha value is -2.33. The summed E-state index contributed by atoms with van der Waals surface area (Å²) in [5.41, 5.74) is 0. The Bertz CT molecular complexity index is 765. The molecule has 1 unspecified atom stereocenters. The van der Waals surface area contributed by atoms with Crippen LogP contribution in [0.4, 0.5) is 4.79 Å². The fraction of sp³-hybridized carbons (Fsp3) is 0.600. The maximum atomic E-state index is 12.3. The molecule has 0 aromatic heterocycles. The third kappa shape index (κ3) is 9.93. The first-order chi connectivity index (χ1) is 14.2. The molecular formula is C20H33N3O6S. The summed E-state index contributed by atoms with van der Waals surface area (Å²) in [6.07, 6.45) is 0.119. The van der Waals surface area contributed by atoms with Crippen LogP contribution < -0.4 is 20.1 Å². The summed E-state index contributed by atoms with van der Waals surface area (Å²) in [7, 11) is -3.72. The summed E-state index contributed by atoms with van der Waals surface area (Å²) < 4.78 is 37.2. The van der Waals surface area contributed by atoms with E-state index in [9.17, 15) is 18.0 Å². The van der Waals surface area contributed by atoms with Crippen molar-refractivity contribution in [3.05, 3.63) is 24.3 Å². The van der Waals surface area contributed by atoms with E-state index >= 15 is 0 Å². The number of hydrogen-bond acceptors (Lipinski definition) is 6. The number of ether oxygens (including phenoxy) is 2. The first-order valence-corrected chi connectivity index (χ1v) is 11.6. The van der Waals surface area contributed by atoms with Crippen LogP contribution in [-0.2, 0) is 19.6 Å². The van der Waals surface area contributed by atoms with Crippen LogP contribution in [0, 0.1) is 5.92 Å². The predicted molar refractivity (Wildman–Crippen MR) is 114 cm³/mol. The van der Waals surface area contributed by atoms with E-state index in [-0.39, 0.29) is 43.0 Å². The number of sulfonamides is 1. The van der Waals surface area contributed by atoms with Gasteiger partial charge >= 0.3 is 6.09 Å². The number of amides is 2. The van der Waals surface area contributed by atoms with E-state index in [2.05, 4.69) is 15.4 Å². The maximum absolute atomic E-state index is 12.3. The van der Waals surface area contributed by atoms with Gasteiger partial charge in [-0.15, -0.1) is 0 Å². The Balaban J connectivity index is 2.47. The van der Waals surface area contributed by atoms with Crippen molar-refractivity contribution in [2.24, 2.45) is 5.92 Å². The van der Waals surface area contributed by atoms with Crippen molar-refractivity contribution in [3.8, 4) is 5.75 Å². The fourth-order valence-electron chi connectivity index (χ4n) is 2.69. The molecular weight excluding hydrogens is 410 g/mol. The van der Waals surface area contributed by atoms with Gasteiger partial charge in [0, 0.05) is 25.6 Å². The van der Waals surface area contributed by atoms with E-state index in [1.807, 2.05) is 20.8 Å². The smallest absolute Gasteiger partial charge is 0.407 e. The van der Waals surface area contributed by atoms with E-state index in [1.165, 1.54) is 12.1 Å². The molecule has 0 saturated carbocycles. The van der Waals surface area contributed by atoms with Crippen LogP contribution in [0.15, 0.2) is 29.2 Å². The van der Waals surface area contributed by atoms with Gasteiger partial charge in [-0.1, -0.05) is 13.8 Å². The highest BCUT2D eigenvalue weighted by Crippen LogP contribution is 2.15. The number of rotatable bonds is 13. The lowest BCUT2D eigenvalue weighted by Gasteiger charge is -2.20. The summed E-state index contributed by atoms with van der Waals surface area (Å²) in [6, 6.07) is 5.79. The molecule has 0 aliphatic carbocycles. The zero-order chi connectivity index (χ0) is 22.6. The van der Waals surface area contributed by atoms with E-state index in [0.29, 0.717) is 24.7 Å². The molecule has 0 spiro atoms. The third-order valence-electron chi connectivity index (χ3n) is 3.99. The standard InChI is InChI=1S/C20H33N3O6S/c1-5-28-17-7-9-18(10-8-17)30(26,27)22-12-11-19(24)21-14-16(13-15(3)4)23-20(25)29-6-2/h7-10,15-16,22H,5-6,11-14H2,1-4H3,(H,21,24)(H,23,25). The zero-order valence-corrected chi connectivity index (χ0v) is 18.9. The average molecular weight is 444 g/mol. The Labute approximate surface area is 179 Å². The lowest BCUT2D eigenvalue weighted by molar-refractivity contribution is -0.121. The average Bonchev–Trinajstić information content (AvgIpc) is 2.66. The van der Waals surface area contributed by atoms with Crippen molar-refractivity contribution >= 4 is 22.0 Å². The number of carbonyl (C=O) groups excluding carboxylic acids is 2. The minimum absolute atomic E-state index is 0.0237. The molecule has 3 N–H and O–H groups in total. The number of carbonyl (C=O) groups is 2. The maximum Gasteiger partial charge on any atom is 0.407 e. The molecule has 10 heteroatoms. The van der Waals surface area contributed by atoms with Crippen molar-refractivity contribution in [1.82, 2.24) is 15.4 Å². The topological polar surface area (TPSA) is 123 Å². The molecule has 170 valence electrons. The molecule has 0 fully saturated rings. The molecule has 1 rings (SSSR count). The van der Waals surface area contributed by atoms with Crippen LogP contribution in [0.25, 0.3) is 0 Å². The van der Waals surface area contributed by atoms with Gasteiger partial charge in [-0.05, 0) is 50.5 Å². The minimum Gasteiger partial charge on any atom is -0.494 e. The van der Waals surface area contributed by atoms with Crippen molar-refractivity contribution in [3.63, 3.8) is 0 Å². The van der Waals surface area contributed by atoms with Crippen molar-refractivity contribution in [2.45, 2.75) is 51.5 Å². The van der Waals surface area contributed by atoms with Gasteiger partial charge in [0.1, 0.15) is 5.75 Å². The Morgan fingerprint density at radius 2 is 1.73 bits per heavy atom. The summed E-state index contributed by atoms with van der Waals surface area (Å²) in [5, 5.41) is 5.44. The van der Waals surface area contributed by atoms with Crippen LogP contribution in [0.3, 0.4) is 0 Å². The highest BCUT2D eigenvalue weighted by molar-refractivity contribution is 7.89. The van der Waals surface area contributed by atoms with Crippen LogP contribution >= 0.6 is 0 Å². The van der Waals surface area contributed by atoms with Gasteiger partial charge in [0.05, 0.1) is 18.1 Å². The molecule has 0 saturated heterocycles. The normalized spacial score (nSPS) is 12.3. The van der Waals surface area contributed by atoms with Crippen molar-refractivity contribution in [2.75, 3.05) is 26.3 Å². The molecule has 0 aliphatic rings. The number of hydrogen-bond donors (Lipinski definition) is 3. The molecule has 0 heterocycles. The summed E-state index contributed by atoms with van der Waals surface area (Å²) in [6.45, 7) is 8.54. The molecule has 1 aromatic rings. The quantitative estimate of drug-likeness (QED) is 0.429. The monoisotopic (exact) mass is 443 g/mol. The second-order valence-corrected chi connectivity index (χ2v) is 8.81. The van der Waals surface area contributed by atoms with Gasteiger partial charge in [-0.2, -0.15) is 0 Å². The van der Waals surface area contributed by atoms with Gasteiger partial charge in [0.25, 0.3) is 0 Å². The lowest BCUT2D eigenvalue weighted by atomic mass is 10.0. The summed E-state index contributed by atoms with van der Waals surface area (Å²) in [5.74, 6) is 0.585. The van der Waals surface area contributed by atoms with E-state index < -0.39 is 16.1 Å². The highest BCUT2D eigenvalue weighted by Gasteiger charge is 2.17. The van der Waals surface area contributed by atoms with Crippen molar-refractivity contribution in [1.29, 1.82) is 0 Å². The SMILES string of the molecule is CCOC(=O)NC(CNC(=O)CCNS(=O)(=O)c1ccc(OCC)cc1)CC(C)C.